The fraction of sp³-hybridized carbons (Fsp3) is 0.391. The number of aryl methyl sites for hydroxylation is 2. The van der Waals surface area contributed by atoms with E-state index in [0.717, 1.165) is 59.5 Å². The summed E-state index contributed by atoms with van der Waals surface area (Å²) in [4.78, 5) is 29.5. The van der Waals surface area contributed by atoms with Crippen LogP contribution in [0.1, 0.15) is 54.4 Å². The number of fused-ring (bicyclic) bond motifs is 1. The Bertz CT molecular complexity index is 1130. The van der Waals surface area contributed by atoms with Crippen LogP contribution >= 0.6 is 0 Å². The molecular weight excluding hydrogens is 451 g/mol. The molecule has 0 bridgehead atoms. The van der Waals surface area contributed by atoms with E-state index < -0.39 is 12.1 Å². The van der Waals surface area contributed by atoms with E-state index in [0.29, 0.717) is 5.92 Å². The molecule has 1 aliphatic carbocycles. The van der Waals surface area contributed by atoms with Gasteiger partial charge in [0.25, 0.3) is 0 Å². The number of alkyl halides is 3. The molecule has 3 aromatic rings. The third-order valence-electron chi connectivity index (χ3n) is 5.64. The molecule has 8 nitrogen and oxygen atoms in total. The number of aliphatic carboxylic acids is 1. The SMILES string of the molecule is Cc1n[nH]c(C)c1/C=C/C(=O)NC1CCCC(c2nc3ccccc3[nH]2)C1.O=C(O)C(F)(F)F. The summed E-state index contributed by atoms with van der Waals surface area (Å²) in [5, 5.41) is 17.4. The van der Waals surface area contributed by atoms with Gasteiger partial charge < -0.3 is 15.4 Å². The monoisotopic (exact) mass is 477 g/mol. The Balaban J connectivity index is 0.000000406. The maximum absolute atomic E-state index is 12.4. The van der Waals surface area contributed by atoms with Crippen molar-refractivity contribution in [1.29, 1.82) is 0 Å². The molecule has 2 heterocycles. The van der Waals surface area contributed by atoms with Crippen molar-refractivity contribution in [3.05, 3.63) is 53.1 Å². The predicted octanol–water partition coefficient (Wildman–Crippen LogP) is 4.39. The molecule has 1 saturated carbocycles. The number of hydrogen-bond acceptors (Lipinski definition) is 4. The van der Waals surface area contributed by atoms with Gasteiger partial charge in [0.1, 0.15) is 5.82 Å². The fourth-order valence-corrected chi connectivity index (χ4v) is 3.95. The van der Waals surface area contributed by atoms with Crippen LogP contribution in [-0.2, 0) is 9.59 Å². The number of nitrogens with zero attached hydrogens (tertiary/aromatic N) is 2. The van der Waals surface area contributed by atoms with E-state index in [-0.39, 0.29) is 11.9 Å². The van der Waals surface area contributed by atoms with Crippen molar-refractivity contribution < 1.29 is 27.9 Å². The van der Waals surface area contributed by atoms with Gasteiger partial charge in [-0.25, -0.2) is 9.78 Å². The number of aromatic amines is 2. The van der Waals surface area contributed by atoms with Gasteiger partial charge in [0.15, 0.2) is 0 Å². The Morgan fingerprint density at radius 1 is 1.21 bits per heavy atom. The number of carbonyl (C=O) groups excluding carboxylic acids is 1. The maximum atomic E-state index is 12.4. The van der Waals surface area contributed by atoms with E-state index in [1.807, 2.05) is 38.1 Å². The van der Waals surface area contributed by atoms with Crippen LogP contribution in [0.3, 0.4) is 0 Å². The van der Waals surface area contributed by atoms with Crippen molar-refractivity contribution in [2.24, 2.45) is 0 Å². The van der Waals surface area contributed by atoms with Gasteiger partial charge in [0.2, 0.25) is 5.91 Å². The predicted molar refractivity (Wildman–Crippen MR) is 120 cm³/mol. The Kier molecular flexibility index (Phi) is 7.75. The second kappa shape index (κ2) is 10.5. The lowest BCUT2D eigenvalue weighted by atomic mass is 9.85. The first-order valence-electron chi connectivity index (χ1n) is 10.8. The second-order valence-electron chi connectivity index (χ2n) is 8.19. The highest BCUT2D eigenvalue weighted by molar-refractivity contribution is 5.92. The van der Waals surface area contributed by atoms with Crippen molar-refractivity contribution in [1.82, 2.24) is 25.5 Å². The number of hydrogen-bond donors (Lipinski definition) is 4. The lowest BCUT2D eigenvalue weighted by Crippen LogP contribution is -2.37. The topological polar surface area (TPSA) is 124 Å². The van der Waals surface area contributed by atoms with Crippen molar-refractivity contribution >= 4 is 29.0 Å². The summed E-state index contributed by atoms with van der Waals surface area (Å²) in [5.74, 6) is -1.41. The summed E-state index contributed by atoms with van der Waals surface area (Å²) < 4.78 is 31.7. The minimum absolute atomic E-state index is 0.0507. The highest BCUT2D eigenvalue weighted by Gasteiger charge is 2.38. The van der Waals surface area contributed by atoms with Crippen molar-refractivity contribution in [2.45, 2.75) is 57.7 Å². The molecular formula is C23H26F3N5O3. The number of imidazole rings is 1. The summed E-state index contributed by atoms with van der Waals surface area (Å²) in [6.07, 6.45) is 2.49. The molecule has 2 aromatic heterocycles. The number of rotatable bonds is 4. The molecule has 1 amide bonds. The number of carboxylic acid groups (broad SMARTS) is 1. The molecule has 0 spiro atoms. The van der Waals surface area contributed by atoms with Crippen molar-refractivity contribution in [3.63, 3.8) is 0 Å². The number of H-pyrrole nitrogens is 2. The minimum Gasteiger partial charge on any atom is -0.475 e. The third-order valence-corrected chi connectivity index (χ3v) is 5.64. The van der Waals surface area contributed by atoms with Gasteiger partial charge in [-0.1, -0.05) is 18.6 Å². The first kappa shape index (κ1) is 25.0. The molecule has 1 fully saturated rings. The van der Waals surface area contributed by atoms with E-state index in [9.17, 15) is 18.0 Å². The lowest BCUT2D eigenvalue weighted by molar-refractivity contribution is -0.192. The summed E-state index contributed by atoms with van der Waals surface area (Å²) in [5.41, 5.74) is 4.94. The lowest BCUT2D eigenvalue weighted by Gasteiger charge is -2.28. The van der Waals surface area contributed by atoms with Crippen LogP contribution in [0.5, 0.6) is 0 Å². The smallest absolute Gasteiger partial charge is 0.475 e. The highest BCUT2D eigenvalue weighted by atomic mass is 19.4. The van der Waals surface area contributed by atoms with Crippen LogP contribution in [0.2, 0.25) is 0 Å². The van der Waals surface area contributed by atoms with E-state index in [1.54, 1.807) is 6.08 Å². The summed E-state index contributed by atoms with van der Waals surface area (Å²) in [7, 11) is 0. The molecule has 182 valence electrons. The fourth-order valence-electron chi connectivity index (χ4n) is 3.95. The maximum Gasteiger partial charge on any atom is 0.490 e. The number of para-hydroxylation sites is 2. The number of benzene rings is 1. The second-order valence-corrected chi connectivity index (χ2v) is 8.19. The molecule has 11 heteroatoms. The van der Waals surface area contributed by atoms with Gasteiger partial charge in [0.05, 0.1) is 16.7 Å². The average Bonchev–Trinajstić information content (AvgIpc) is 3.35. The Hall–Kier alpha value is -3.63. The molecule has 1 aromatic carbocycles. The van der Waals surface area contributed by atoms with Crippen LogP contribution in [0.4, 0.5) is 13.2 Å². The Morgan fingerprint density at radius 3 is 2.53 bits per heavy atom. The molecule has 4 rings (SSSR count). The molecule has 1 aliphatic rings. The molecule has 34 heavy (non-hydrogen) atoms. The first-order valence-corrected chi connectivity index (χ1v) is 10.8. The third kappa shape index (κ3) is 6.46. The number of carbonyl (C=O) groups is 2. The Labute approximate surface area is 193 Å². The minimum atomic E-state index is -5.08. The number of aromatic nitrogens is 4. The van der Waals surface area contributed by atoms with Crippen LogP contribution in [0.25, 0.3) is 17.1 Å². The van der Waals surface area contributed by atoms with Gasteiger partial charge >= 0.3 is 12.1 Å². The van der Waals surface area contributed by atoms with E-state index in [1.165, 1.54) is 0 Å². The van der Waals surface area contributed by atoms with Crippen LogP contribution in [-0.4, -0.2) is 49.4 Å². The van der Waals surface area contributed by atoms with E-state index in [4.69, 9.17) is 14.9 Å². The average molecular weight is 477 g/mol. The zero-order chi connectivity index (χ0) is 24.9. The van der Waals surface area contributed by atoms with Crippen molar-refractivity contribution in [2.75, 3.05) is 0 Å². The normalized spacial score (nSPS) is 18.5. The molecule has 2 atom stereocenters. The van der Waals surface area contributed by atoms with Gasteiger partial charge in [-0.15, -0.1) is 0 Å². The molecule has 0 radical (unpaired) electrons. The zero-order valence-electron chi connectivity index (χ0n) is 18.7. The van der Waals surface area contributed by atoms with Gasteiger partial charge in [-0.3, -0.25) is 9.89 Å². The molecule has 0 saturated heterocycles. The number of halogens is 3. The van der Waals surface area contributed by atoms with E-state index >= 15 is 0 Å². The molecule has 4 N–H and O–H groups in total. The van der Waals surface area contributed by atoms with Crippen LogP contribution in [0, 0.1) is 13.8 Å². The van der Waals surface area contributed by atoms with Crippen LogP contribution in [0.15, 0.2) is 30.3 Å². The Morgan fingerprint density at radius 2 is 1.91 bits per heavy atom. The zero-order valence-corrected chi connectivity index (χ0v) is 18.7. The first-order chi connectivity index (χ1) is 16.0. The van der Waals surface area contributed by atoms with Crippen LogP contribution < -0.4 is 5.32 Å². The summed E-state index contributed by atoms with van der Waals surface area (Å²) in [6, 6.07) is 8.29. The quantitative estimate of drug-likeness (QED) is 0.415. The number of amides is 1. The van der Waals surface area contributed by atoms with E-state index in [2.05, 4.69) is 26.6 Å². The summed E-state index contributed by atoms with van der Waals surface area (Å²) >= 11 is 0. The number of carboxylic acids is 1. The van der Waals surface area contributed by atoms with Gasteiger partial charge in [0, 0.05) is 29.3 Å². The summed E-state index contributed by atoms with van der Waals surface area (Å²) in [6.45, 7) is 3.89. The molecule has 2 unspecified atom stereocenters. The number of nitrogens with one attached hydrogen (secondary N) is 3. The van der Waals surface area contributed by atoms with Gasteiger partial charge in [-0.05, 0) is 51.3 Å². The van der Waals surface area contributed by atoms with Gasteiger partial charge in [-0.2, -0.15) is 18.3 Å². The van der Waals surface area contributed by atoms with Crippen molar-refractivity contribution in [3.8, 4) is 0 Å². The highest BCUT2D eigenvalue weighted by Crippen LogP contribution is 2.32. The molecule has 0 aliphatic heterocycles. The standard InChI is InChI=1S/C21H25N5O.C2HF3O2/c1-13-17(14(2)26-25-13)10-11-20(27)22-16-7-5-6-15(12-16)21-23-18-8-3-4-9-19(18)24-21;3-2(4,5)1(6)7/h3-4,8-11,15-16H,5-7,12H2,1-2H3,(H,22,27)(H,23,24)(H,25,26);(H,6,7)/b11-10+;. The largest absolute Gasteiger partial charge is 0.490 e.